The van der Waals surface area contributed by atoms with Crippen molar-refractivity contribution in [2.24, 2.45) is 0 Å². The van der Waals surface area contributed by atoms with Gasteiger partial charge in [0.25, 0.3) is 5.91 Å². The van der Waals surface area contributed by atoms with Crippen LogP contribution in [-0.2, 0) is 19.1 Å². The maximum atomic E-state index is 12.1. The molecule has 2 N–H and O–H groups in total. The van der Waals surface area contributed by atoms with Crippen LogP contribution in [0.3, 0.4) is 0 Å². The Hall–Kier alpha value is -2.74. The number of para-hydroxylation sites is 1. The average Bonchev–Trinajstić information content (AvgIpc) is 3.15. The Bertz CT molecular complexity index is 806. The van der Waals surface area contributed by atoms with E-state index in [1.165, 1.54) is 18.0 Å². The minimum Gasteiger partial charge on any atom is -0.467 e. The summed E-state index contributed by atoms with van der Waals surface area (Å²) in [5.74, 6) is -0.675. The normalized spacial score (nSPS) is 17.0. The number of benzene rings is 1. The van der Waals surface area contributed by atoms with Crippen LogP contribution in [0.4, 0.5) is 5.69 Å². The van der Waals surface area contributed by atoms with Crippen LogP contribution in [0.1, 0.15) is 25.1 Å². The summed E-state index contributed by atoms with van der Waals surface area (Å²) in [4.78, 5) is 36.8. The summed E-state index contributed by atoms with van der Waals surface area (Å²) in [6.07, 6.45) is 1.41. The van der Waals surface area contributed by atoms with Crippen LogP contribution in [0.2, 0.25) is 0 Å². The molecule has 2 heterocycles. The van der Waals surface area contributed by atoms with Crippen molar-refractivity contribution >= 4 is 35.2 Å². The number of hydrogen-bond acceptors (Lipinski definition) is 6. The van der Waals surface area contributed by atoms with Crippen LogP contribution in [0, 0.1) is 0 Å². The minimum atomic E-state index is -0.599. The minimum absolute atomic E-state index is 0.105. The molecule has 0 bridgehead atoms. The van der Waals surface area contributed by atoms with Gasteiger partial charge in [-0.1, -0.05) is 12.1 Å². The van der Waals surface area contributed by atoms with Crippen molar-refractivity contribution < 1.29 is 23.5 Å². The Labute approximate surface area is 154 Å². The van der Waals surface area contributed by atoms with Gasteiger partial charge in [0.2, 0.25) is 5.91 Å². The molecule has 0 unspecified atom stereocenters. The second-order valence-electron chi connectivity index (χ2n) is 5.76. The van der Waals surface area contributed by atoms with E-state index in [-0.39, 0.29) is 18.4 Å². The lowest BCUT2D eigenvalue weighted by Crippen LogP contribution is -2.33. The molecular weight excluding hydrogens is 356 g/mol. The van der Waals surface area contributed by atoms with Gasteiger partial charge in [0.05, 0.1) is 29.7 Å². The molecule has 26 heavy (non-hydrogen) atoms. The highest BCUT2D eigenvalue weighted by Gasteiger charge is 2.29. The number of furan rings is 1. The summed E-state index contributed by atoms with van der Waals surface area (Å²) >= 11 is 1.31. The number of anilines is 1. The number of esters is 1. The topological polar surface area (TPSA) is 97.6 Å². The van der Waals surface area contributed by atoms with Gasteiger partial charge in [-0.05, 0) is 31.2 Å². The third kappa shape index (κ3) is 4.45. The van der Waals surface area contributed by atoms with Crippen LogP contribution in [-0.4, -0.2) is 29.6 Å². The number of fused-ring (bicyclic) bond motifs is 1. The van der Waals surface area contributed by atoms with Crippen molar-refractivity contribution in [1.29, 1.82) is 0 Å². The predicted octanol–water partition coefficient (Wildman–Crippen LogP) is 2.50. The molecule has 1 aromatic heterocycles. The van der Waals surface area contributed by atoms with Gasteiger partial charge < -0.3 is 19.8 Å². The number of rotatable bonds is 6. The molecule has 0 spiro atoms. The Morgan fingerprint density at radius 1 is 1.31 bits per heavy atom. The van der Waals surface area contributed by atoms with Gasteiger partial charge in [0.1, 0.15) is 5.76 Å². The van der Waals surface area contributed by atoms with Crippen LogP contribution < -0.4 is 10.6 Å². The summed E-state index contributed by atoms with van der Waals surface area (Å²) in [7, 11) is 0. The zero-order valence-corrected chi connectivity index (χ0v) is 14.9. The number of nitrogens with one attached hydrogen (secondary N) is 2. The van der Waals surface area contributed by atoms with Crippen LogP contribution in [0.5, 0.6) is 0 Å². The van der Waals surface area contributed by atoms with Gasteiger partial charge in [0.15, 0.2) is 6.61 Å². The van der Waals surface area contributed by atoms with Crippen molar-refractivity contribution in [3.8, 4) is 0 Å². The van der Waals surface area contributed by atoms with Gasteiger partial charge in [-0.15, -0.1) is 11.8 Å². The lowest BCUT2D eigenvalue weighted by molar-refractivity contribution is -0.149. The standard InChI is InChI=1S/C18H18N2O5S/c1-11(13-6-4-8-24-13)19-16(21)10-25-17(22)9-15-18(23)20-12-5-2-3-7-14(12)26-15/h2-8,11,15H,9-10H2,1H3,(H,19,21)(H,20,23)/t11-,15-/m0/s1. The van der Waals surface area contributed by atoms with E-state index in [9.17, 15) is 14.4 Å². The summed E-state index contributed by atoms with van der Waals surface area (Å²) in [5, 5.41) is 4.85. The molecule has 0 aliphatic carbocycles. The van der Waals surface area contributed by atoms with Crippen molar-refractivity contribution in [2.45, 2.75) is 29.5 Å². The maximum Gasteiger partial charge on any atom is 0.307 e. The second-order valence-corrected chi connectivity index (χ2v) is 7.01. The molecule has 0 fully saturated rings. The van der Waals surface area contributed by atoms with Gasteiger partial charge in [-0.25, -0.2) is 0 Å². The molecule has 0 saturated heterocycles. The molecular formula is C18H18N2O5S. The number of thioether (sulfide) groups is 1. The summed E-state index contributed by atoms with van der Waals surface area (Å²) in [5.41, 5.74) is 0.735. The number of amides is 2. The first kappa shape index (κ1) is 18.1. The highest BCUT2D eigenvalue weighted by molar-refractivity contribution is 8.01. The summed E-state index contributed by atoms with van der Waals surface area (Å²) < 4.78 is 10.2. The Morgan fingerprint density at radius 2 is 2.12 bits per heavy atom. The number of carbonyl (C=O) groups excluding carboxylic acids is 3. The molecule has 3 rings (SSSR count). The van der Waals surface area contributed by atoms with E-state index in [0.29, 0.717) is 5.76 Å². The van der Waals surface area contributed by atoms with E-state index in [2.05, 4.69) is 10.6 Å². The fraction of sp³-hybridized carbons (Fsp3) is 0.278. The number of carbonyl (C=O) groups is 3. The Balaban J connectivity index is 1.45. The fourth-order valence-electron chi connectivity index (χ4n) is 2.48. The monoisotopic (exact) mass is 374 g/mol. The highest BCUT2D eigenvalue weighted by Crippen LogP contribution is 2.36. The second kappa shape index (κ2) is 8.09. The fourth-order valence-corrected chi connectivity index (χ4v) is 3.57. The third-order valence-corrected chi connectivity index (χ3v) is 5.05. The van der Waals surface area contributed by atoms with Crippen LogP contribution >= 0.6 is 11.8 Å². The van der Waals surface area contributed by atoms with E-state index in [0.717, 1.165) is 10.6 Å². The van der Waals surface area contributed by atoms with Crippen LogP contribution in [0.15, 0.2) is 52.0 Å². The summed E-state index contributed by atoms with van der Waals surface area (Å²) in [6, 6.07) is 10.5. The predicted molar refractivity (Wildman–Crippen MR) is 95.6 cm³/mol. The molecule has 2 aromatic rings. The molecule has 2 amide bonds. The number of hydrogen-bond donors (Lipinski definition) is 2. The van der Waals surface area contributed by atoms with Crippen LogP contribution in [0.25, 0.3) is 0 Å². The van der Waals surface area contributed by atoms with Crippen molar-refractivity contribution in [2.75, 3.05) is 11.9 Å². The smallest absolute Gasteiger partial charge is 0.307 e. The van der Waals surface area contributed by atoms with E-state index in [4.69, 9.17) is 9.15 Å². The first-order valence-corrected chi connectivity index (χ1v) is 8.96. The zero-order chi connectivity index (χ0) is 18.5. The van der Waals surface area contributed by atoms with E-state index >= 15 is 0 Å². The lowest BCUT2D eigenvalue weighted by Gasteiger charge is -2.23. The van der Waals surface area contributed by atoms with Crippen molar-refractivity contribution in [3.63, 3.8) is 0 Å². The first-order valence-electron chi connectivity index (χ1n) is 8.08. The Kier molecular flexibility index (Phi) is 5.62. The van der Waals surface area contributed by atoms with Gasteiger partial charge in [0, 0.05) is 4.90 Å². The Morgan fingerprint density at radius 3 is 2.88 bits per heavy atom. The molecule has 8 heteroatoms. The van der Waals surface area contributed by atoms with Crippen molar-refractivity contribution in [1.82, 2.24) is 5.32 Å². The molecule has 7 nitrogen and oxygen atoms in total. The van der Waals surface area contributed by atoms with Crippen molar-refractivity contribution in [3.05, 3.63) is 48.4 Å². The largest absolute Gasteiger partial charge is 0.467 e. The zero-order valence-electron chi connectivity index (χ0n) is 14.1. The molecule has 1 aromatic carbocycles. The summed E-state index contributed by atoms with van der Waals surface area (Å²) in [6.45, 7) is 1.36. The molecule has 1 aliphatic heterocycles. The van der Waals surface area contributed by atoms with E-state index < -0.39 is 23.7 Å². The highest BCUT2D eigenvalue weighted by atomic mass is 32.2. The quantitative estimate of drug-likeness (QED) is 0.754. The molecule has 0 saturated carbocycles. The maximum absolute atomic E-state index is 12.1. The molecule has 1 aliphatic rings. The van der Waals surface area contributed by atoms with Gasteiger partial charge in [-0.3, -0.25) is 14.4 Å². The lowest BCUT2D eigenvalue weighted by atomic mass is 10.2. The van der Waals surface area contributed by atoms with Gasteiger partial charge >= 0.3 is 5.97 Å². The first-order chi connectivity index (χ1) is 12.5. The third-order valence-electron chi connectivity index (χ3n) is 3.77. The molecule has 136 valence electrons. The molecule has 2 atom stereocenters. The van der Waals surface area contributed by atoms with E-state index in [1.54, 1.807) is 25.1 Å². The number of ether oxygens (including phenoxy) is 1. The average molecular weight is 374 g/mol. The molecule has 0 radical (unpaired) electrons. The SMILES string of the molecule is C[C@H](NC(=O)COC(=O)C[C@@H]1Sc2ccccc2NC1=O)c1ccco1. The van der Waals surface area contributed by atoms with E-state index in [1.807, 2.05) is 18.2 Å². The van der Waals surface area contributed by atoms with Gasteiger partial charge in [-0.2, -0.15) is 0 Å².